The Hall–Kier alpha value is -2.64. The van der Waals surface area contributed by atoms with Gasteiger partial charge < -0.3 is 37.9 Å². The summed E-state index contributed by atoms with van der Waals surface area (Å²) in [6.45, 7) is 1.83. The fourth-order valence-electron chi connectivity index (χ4n) is 1.63. The molecule has 2 aromatic rings. The van der Waals surface area contributed by atoms with Crippen molar-refractivity contribution in [2.24, 2.45) is 5.73 Å². The fraction of sp³-hybridized carbons (Fsp3) is 0.200. The number of hydrogen-bond acceptors (Lipinski definition) is 7. The summed E-state index contributed by atoms with van der Waals surface area (Å²) in [6, 6.07) is 9.70. The van der Waals surface area contributed by atoms with Crippen LogP contribution < -0.4 is 27.7 Å². The van der Waals surface area contributed by atoms with E-state index >= 15 is 0 Å². The van der Waals surface area contributed by atoms with E-state index in [2.05, 4.69) is 0 Å². The lowest BCUT2D eigenvalue weighted by Crippen LogP contribution is -2.10. The van der Waals surface area contributed by atoms with Crippen molar-refractivity contribution >= 4 is 17.1 Å². The summed E-state index contributed by atoms with van der Waals surface area (Å²) in [5.41, 5.74) is 24.1. The van der Waals surface area contributed by atoms with Gasteiger partial charge in [-0.1, -0.05) is 0 Å². The molecule has 1 unspecified atom stereocenters. The van der Waals surface area contributed by atoms with Crippen LogP contribution in [0.3, 0.4) is 0 Å². The average molecular weight is 306 g/mol. The third-order valence-electron chi connectivity index (χ3n) is 2.65. The average Bonchev–Trinajstić information content (AvgIpc) is 2.45. The normalized spacial score (nSPS) is 11.2. The Kier molecular flexibility index (Phi) is 6.30. The number of benzene rings is 2. The fourth-order valence-corrected chi connectivity index (χ4v) is 1.63. The molecule has 0 aliphatic carbocycles. The number of aliphatic hydroxyl groups excluding tert-OH is 1. The van der Waals surface area contributed by atoms with Crippen molar-refractivity contribution in [2.75, 3.05) is 17.2 Å². The van der Waals surface area contributed by atoms with Crippen molar-refractivity contribution in [3.63, 3.8) is 0 Å². The first kappa shape index (κ1) is 17.4. The Bertz CT molecular complexity index is 618. The molecule has 0 saturated carbocycles. The molecule has 22 heavy (non-hydrogen) atoms. The molecule has 0 bridgehead atoms. The maximum Gasteiger partial charge on any atom is 0.194 e. The van der Waals surface area contributed by atoms with Gasteiger partial charge in [0.2, 0.25) is 0 Å². The Morgan fingerprint density at radius 2 is 1.64 bits per heavy atom. The summed E-state index contributed by atoms with van der Waals surface area (Å²) < 4.78 is 4.97. The van der Waals surface area contributed by atoms with E-state index < -0.39 is 6.29 Å². The van der Waals surface area contributed by atoms with Crippen molar-refractivity contribution in [3.8, 4) is 11.5 Å². The largest absolute Gasteiger partial charge is 0.508 e. The van der Waals surface area contributed by atoms with E-state index in [-0.39, 0.29) is 5.75 Å². The minimum Gasteiger partial charge on any atom is -0.508 e. The Labute approximate surface area is 129 Å². The number of nitrogens with two attached hydrogens (primary N) is 4. The summed E-state index contributed by atoms with van der Waals surface area (Å²) in [6.07, 6.45) is -0.865. The van der Waals surface area contributed by atoms with Crippen LogP contribution in [0.4, 0.5) is 17.1 Å². The van der Waals surface area contributed by atoms with Crippen LogP contribution in [-0.4, -0.2) is 16.5 Å². The third kappa shape index (κ3) is 5.39. The van der Waals surface area contributed by atoms with Gasteiger partial charge in [0.05, 0.1) is 5.69 Å². The molecule has 10 N–H and O–H groups in total. The van der Waals surface area contributed by atoms with E-state index in [4.69, 9.17) is 37.9 Å². The van der Waals surface area contributed by atoms with Gasteiger partial charge in [-0.05, 0) is 43.3 Å². The molecule has 0 amide bonds. The van der Waals surface area contributed by atoms with Crippen molar-refractivity contribution in [2.45, 2.75) is 19.8 Å². The van der Waals surface area contributed by atoms with Gasteiger partial charge in [0, 0.05) is 23.5 Å². The number of nitrogen functional groups attached to an aromatic ring is 3. The van der Waals surface area contributed by atoms with Crippen molar-refractivity contribution in [1.82, 2.24) is 0 Å². The molecule has 0 aromatic heterocycles. The van der Waals surface area contributed by atoms with Crippen LogP contribution in [0.2, 0.25) is 0 Å². The lowest BCUT2D eigenvalue weighted by Gasteiger charge is -2.10. The lowest BCUT2D eigenvalue weighted by atomic mass is 10.2. The first-order valence-electron chi connectivity index (χ1n) is 6.60. The second-order valence-corrected chi connectivity index (χ2v) is 4.61. The summed E-state index contributed by atoms with van der Waals surface area (Å²) in [4.78, 5) is 0. The van der Waals surface area contributed by atoms with Crippen LogP contribution in [0.25, 0.3) is 0 Å². The van der Waals surface area contributed by atoms with E-state index in [0.29, 0.717) is 34.9 Å². The van der Waals surface area contributed by atoms with Gasteiger partial charge in [0.15, 0.2) is 6.29 Å². The van der Waals surface area contributed by atoms with E-state index in [1.54, 1.807) is 30.3 Å². The minimum atomic E-state index is -0.865. The number of phenols is 1. The Balaban J connectivity index is 0.000000224. The standard InChI is InChI=1S/C8H12N2O2.C7H10N2O/c1-5(11)12-8-3-2-6(9)4-7(8)10;8-4-5-3-6(9)1-2-7(5)10/h2-5,11H,9-10H2,1H3;1-3,10H,4,8-9H2. The number of aromatic hydroxyl groups is 1. The topological polar surface area (TPSA) is 154 Å². The first-order valence-corrected chi connectivity index (χ1v) is 6.60. The van der Waals surface area contributed by atoms with Crippen LogP contribution >= 0.6 is 0 Å². The molecule has 0 fully saturated rings. The maximum atomic E-state index is 9.10. The van der Waals surface area contributed by atoms with Crippen LogP contribution in [0.15, 0.2) is 36.4 Å². The van der Waals surface area contributed by atoms with Gasteiger partial charge in [-0.15, -0.1) is 0 Å². The molecule has 7 nitrogen and oxygen atoms in total. The molecular weight excluding hydrogens is 284 g/mol. The van der Waals surface area contributed by atoms with E-state index in [9.17, 15) is 0 Å². The highest BCUT2D eigenvalue weighted by atomic mass is 16.6. The van der Waals surface area contributed by atoms with Crippen LogP contribution in [0.1, 0.15) is 12.5 Å². The molecule has 0 spiro atoms. The molecule has 0 aliphatic rings. The van der Waals surface area contributed by atoms with Gasteiger partial charge in [0.25, 0.3) is 0 Å². The summed E-state index contributed by atoms with van der Waals surface area (Å²) in [5, 5.41) is 18.0. The van der Waals surface area contributed by atoms with Crippen LogP contribution in [-0.2, 0) is 6.54 Å². The van der Waals surface area contributed by atoms with E-state index in [1.165, 1.54) is 13.0 Å². The van der Waals surface area contributed by atoms with Crippen molar-refractivity contribution < 1.29 is 14.9 Å². The molecule has 1 atom stereocenters. The molecule has 0 heterocycles. The second-order valence-electron chi connectivity index (χ2n) is 4.61. The predicted octanol–water partition coefficient (Wildman–Crippen LogP) is 1.00. The number of anilines is 3. The van der Waals surface area contributed by atoms with E-state index in [0.717, 1.165) is 0 Å². The Morgan fingerprint density at radius 1 is 1.05 bits per heavy atom. The summed E-state index contributed by atoms with van der Waals surface area (Å²) in [5.74, 6) is 0.649. The highest BCUT2D eigenvalue weighted by Crippen LogP contribution is 2.24. The van der Waals surface area contributed by atoms with Gasteiger partial charge in [-0.2, -0.15) is 0 Å². The van der Waals surface area contributed by atoms with Crippen LogP contribution in [0.5, 0.6) is 11.5 Å². The third-order valence-corrected chi connectivity index (χ3v) is 2.65. The molecule has 120 valence electrons. The van der Waals surface area contributed by atoms with Gasteiger partial charge in [0.1, 0.15) is 11.5 Å². The molecule has 0 saturated heterocycles. The van der Waals surface area contributed by atoms with Crippen LogP contribution in [0, 0.1) is 0 Å². The van der Waals surface area contributed by atoms with Gasteiger partial charge in [-0.25, -0.2) is 0 Å². The molecule has 2 aromatic carbocycles. The lowest BCUT2D eigenvalue weighted by molar-refractivity contribution is 0.000282. The van der Waals surface area contributed by atoms with Gasteiger partial charge in [-0.3, -0.25) is 0 Å². The SMILES string of the molecule is CC(O)Oc1ccc(N)cc1N.NCc1cc(N)ccc1O. The molecule has 0 radical (unpaired) electrons. The number of rotatable bonds is 3. The molecule has 2 rings (SSSR count). The minimum absolute atomic E-state index is 0.205. The number of phenolic OH excluding ortho intramolecular Hbond substituents is 1. The molecule has 0 aliphatic heterocycles. The summed E-state index contributed by atoms with van der Waals surface area (Å²) >= 11 is 0. The quantitative estimate of drug-likeness (QED) is 0.281. The summed E-state index contributed by atoms with van der Waals surface area (Å²) in [7, 11) is 0. The first-order chi connectivity index (χ1) is 10.3. The monoisotopic (exact) mass is 306 g/mol. The molecule has 7 heteroatoms. The predicted molar refractivity (Wildman–Crippen MR) is 88.0 cm³/mol. The van der Waals surface area contributed by atoms with Crippen molar-refractivity contribution in [3.05, 3.63) is 42.0 Å². The number of hydrogen-bond donors (Lipinski definition) is 6. The zero-order valence-electron chi connectivity index (χ0n) is 12.4. The number of ether oxygens (including phenoxy) is 1. The zero-order valence-corrected chi connectivity index (χ0v) is 12.4. The highest BCUT2D eigenvalue weighted by Gasteiger charge is 2.02. The highest BCUT2D eigenvalue weighted by molar-refractivity contribution is 5.60. The smallest absolute Gasteiger partial charge is 0.194 e. The van der Waals surface area contributed by atoms with E-state index in [1.807, 2.05) is 0 Å². The number of aliphatic hydroxyl groups is 1. The second kappa shape index (κ2) is 7.96. The Morgan fingerprint density at radius 3 is 2.14 bits per heavy atom. The maximum absolute atomic E-state index is 9.10. The zero-order chi connectivity index (χ0) is 16.7. The van der Waals surface area contributed by atoms with Crippen molar-refractivity contribution in [1.29, 1.82) is 0 Å². The van der Waals surface area contributed by atoms with Gasteiger partial charge >= 0.3 is 0 Å². The molecular formula is C15H22N4O3.